The standard InChI is InChI=1S/C22H28ClN5O2/c23-20-8-9-21(25-24-20)28-10-4-5-18(17-28)22(29)27-13-11-26(12-14-27)15-16-30-19-6-2-1-3-7-19/h1-3,6-9,18H,4-5,10-17H2/t18-/m0/s1. The van der Waals surface area contributed by atoms with Gasteiger partial charge >= 0.3 is 0 Å². The summed E-state index contributed by atoms with van der Waals surface area (Å²) in [6, 6.07) is 13.5. The van der Waals surface area contributed by atoms with Crippen LogP contribution in [-0.2, 0) is 4.79 Å². The molecule has 2 aromatic rings. The molecule has 2 fully saturated rings. The number of hydrogen-bond acceptors (Lipinski definition) is 6. The van der Waals surface area contributed by atoms with Gasteiger partial charge in [0.2, 0.25) is 5.91 Å². The van der Waals surface area contributed by atoms with E-state index in [9.17, 15) is 4.79 Å². The molecule has 30 heavy (non-hydrogen) atoms. The number of nitrogens with zero attached hydrogens (tertiary/aromatic N) is 5. The zero-order chi connectivity index (χ0) is 20.8. The van der Waals surface area contributed by atoms with Crippen molar-refractivity contribution in [3.63, 3.8) is 0 Å². The van der Waals surface area contributed by atoms with Gasteiger partial charge in [-0.2, -0.15) is 0 Å². The number of para-hydroxylation sites is 1. The Hall–Kier alpha value is -2.38. The molecule has 1 aromatic carbocycles. The second-order valence-electron chi connectivity index (χ2n) is 7.83. The molecule has 0 bridgehead atoms. The van der Waals surface area contributed by atoms with Crippen molar-refractivity contribution in [1.82, 2.24) is 20.0 Å². The van der Waals surface area contributed by atoms with E-state index < -0.39 is 0 Å². The van der Waals surface area contributed by atoms with Crippen LogP contribution in [0, 0.1) is 5.92 Å². The summed E-state index contributed by atoms with van der Waals surface area (Å²) in [5.74, 6) is 1.98. The summed E-state index contributed by atoms with van der Waals surface area (Å²) in [5.41, 5.74) is 0. The summed E-state index contributed by atoms with van der Waals surface area (Å²) in [7, 11) is 0. The number of ether oxygens (including phenoxy) is 1. The third-order valence-electron chi connectivity index (χ3n) is 5.82. The second kappa shape index (κ2) is 10.1. The number of halogens is 1. The predicted molar refractivity (Wildman–Crippen MR) is 117 cm³/mol. The Morgan fingerprint density at radius 2 is 1.83 bits per heavy atom. The molecule has 1 aromatic heterocycles. The first kappa shape index (κ1) is 20.9. The molecular formula is C22H28ClN5O2. The first-order chi connectivity index (χ1) is 14.7. The number of anilines is 1. The fraction of sp³-hybridized carbons (Fsp3) is 0.500. The Morgan fingerprint density at radius 3 is 2.57 bits per heavy atom. The Balaban J connectivity index is 1.22. The number of carbonyl (C=O) groups excluding carboxylic acids is 1. The number of aromatic nitrogens is 2. The first-order valence-corrected chi connectivity index (χ1v) is 11.0. The van der Waals surface area contributed by atoms with Crippen LogP contribution in [0.4, 0.5) is 5.82 Å². The molecule has 0 spiro atoms. The summed E-state index contributed by atoms with van der Waals surface area (Å²) >= 11 is 5.84. The van der Waals surface area contributed by atoms with E-state index >= 15 is 0 Å². The highest BCUT2D eigenvalue weighted by molar-refractivity contribution is 6.29. The number of hydrogen-bond donors (Lipinski definition) is 0. The number of carbonyl (C=O) groups is 1. The van der Waals surface area contributed by atoms with Crippen molar-refractivity contribution in [2.24, 2.45) is 5.92 Å². The average molecular weight is 430 g/mol. The molecule has 0 saturated carbocycles. The zero-order valence-electron chi connectivity index (χ0n) is 17.1. The Bertz CT molecular complexity index is 812. The second-order valence-corrected chi connectivity index (χ2v) is 8.22. The topological polar surface area (TPSA) is 61.8 Å². The molecule has 7 nitrogen and oxygen atoms in total. The monoisotopic (exact) mass is 429 g/mol. The van der Waals surface area contributed by atoms with Gasteiger partial charge in [0, 0.05) is 45.8 Å². The van der Waals surface area contributed by atoms with E-state index in [0.29, 0.717) is 18.3 Å². The summed E-state index contributed by atoms with van der Waals surface area (Å²) in [5, 5.41) is 8.48. The quantitative estimate of drug-likeness (QED) is 0.703. The zero-order valence-corrected chi connectivity index (χ0v) is 17.9. The minimum atomic E-state index is 0.0178. The molecule has 2 aliphatic heterocycles. The SMILES string of the molecule is O=C([C@H]1CCCN(c2ccc(Cl)nn2)C1)N1CCN(CCOc2ccccc2)CC1. The van der Waals surface area contributed by atoms with E-state index in [1.54, 1.807) is 6.07 Å². The van der Waals surface area contributed by atoms with Crippen molar-refractivity contribution in [3.8, 4) is 5.75 Å². The van der Waals surface area contributed by atoms with Gasteiger partial charge in [0.15, 0.2) is 11.0 Å². The highest BCUT2D eigenvalue weighted by atomic mass is 35.5. The largest absolute Gasteiger partial charge is 0.492 e. The molecule has 0 N–H and O–H groups in total. The normalized spacial score (nSPS) is 20.2. The van der Waals surface area contributed by atoms with Gasteiger partial charge in [0.05, 0.1) is 5.92 Å². The molecular weight excluding hydrogens is 402 g/mol. The lowest BCUT2D eigenvalue weighted by Gasteiger charge is -2.39. The maximum atomic E-state index is 13.1. The van der Waals surface area contributed by atoms with Gasteiger partial charge in [-0.05, 0) is 37.1 Å². The predicted octanol–water partition coefficient (Wildman–Crippen LogP) is 2.57. The van der Waals surface area contributed by atoms with Crippen LogP contribution in [0.2, 0.25) is 5.15 Å². The van der Waals surface area contributed by atoms with Crippen LogP contribution < -0.4 is 9.64 Å². The molecule has 2 saturated heterocycles. The minimum Gasteiger partial charge on any atom is -0.492 e. The van der Waals surface area contributed by atoms with Gasteiger partial charge in [0.25, 0.3) is 0 Å². The van der Waals surface area contributed by atoms with Crippen molar-refractivity contribution in [2.75, 3.05) is 57.3 Å². The Morgan fingerprint density at radius 1 is 1.03 bits per heavy atom. The van der Waals surface area contributed by atoms with Crippen molar-refractivity contribution in [2.45, 2.75) is 12.8 Å². The van der Waals surface area contributed by atoms with Crippen LogP contribution >= 0.6 is 11.6 Å². The van der Waals surface area contributed by atoms with Crippen molar-refractivity contribution >= 4 is 23.3 Å². The Kier molecular flexibility index (Phi) is 7.02. The average Bonchev–Trinajstić information content (AvgIpc) is 2.80. The summed E-state index contributed by atoms with van der Waals surface area (Å²) in [4.78, 5) is 19.6. The minimum absolute atomic E-state index is 0.0178. The fourth-order valence-corrected chi connectivity index (χ4v) is 4.22. The van der Waals surface area contributed by atoms with Crippen molar-refractivity contribution in [3.05, 3.63) is 47.6 Å². The molecule has 4 rings (SSSR count). The van der Waals surface area contributed by atoms with E-state index in [2.05, 4.69) is 20.0 Å². The van der Waals surface area contributed by atoms with Crippen LogP contribution in [0.15, 0.2) is 42.5 Å². The molecule has 8 heteroatoms. The van der Waals surface area contributed by atoms with Crippen LogP contribution in [0.5, 0.6) is 5.75 Å². The number of rotatable bonds is 6. The molecule has 2 aliphatic rings. The number of amides is 1. The van der Waals surface area contributed by atoms with Gasteiger partial charge in [-0.15, -0.1) is 10.2 Å². The molecule has 0 unspecified atom stereocenters. The van der Waals surface area contributed by atoms with E-state index in [4.69, 9.17) is 16.3 Å². The Labute approximate surface area is 182 Å². The summed E-state index contributed by atoms with van der Waals surface area (Å²) in [6.07, 6.45) is 1.92. The van der Waals surface area contributed by atoms with E-state index in [-0.39, 0.29) is 11.8 Å². The lowest BCUT2D eigenvalue weighted by atomic mass is 9.96. The van der Waals surface area contributed by atoms with Crippen LogP contribution in [-0.4, -0.2) is 78.3 Å². The van der Waals surface area contributed by atoms with Crippen LogP contribution in [0.25, 0.3) is 0 Å². The lowest BCUT2D eigenvalue weighted by molar-refractivity contribution is -0.137. The van der Waals surface area contributed by atoms with Crippen LogP contribution in [0.3, 0.4) is 0 Å². The summed E-state index contributed by atoms with van der Waals surface area (Å²) < 4.78 is 5.79. The molecule has 0 aliphatic carbocycles. The molecule has 3 heterocycles. The maximum Gasteiger partial charge on any atom is 0.227 e. The van der Waals surface area contributed by atoms with E-state index in [0.717, 1.165) is 63.7 Å². The van der Waals surface area contributed by atoms with E-state index in [1.807, 2.05) is 41.3 Å². The van der Waals surface area contributed by atoms with Gasteiger partial charge in [0.1, 0.15) is 12.4 Å². The maximum absolute atomic E-state index is 13.1. The van der Waals surface area contributed by atoms with Crippen molar-refractivity contribution in [1.29, 1.82) is 0 Å². The number of piperazine rings is 1. The molecule has 160 valence electrons. The van der Waals surface area contributed by atoms with Gasteiger partial charge < -0.3 is 14.5 Å². The third-order valence-corrected chi connectivity index (χ3v) is 6.02. The smallest absolute Gasteiger partial charge is 0.227 e. The molecule has 0 radical (unpaired) electrons. The third kappa shape index (κ3) is 5.40. The number of benzene rings is 1. The van der Waals surface area contributed by atoms with Crippen molar-refractivity contribution < 1.29 is 9.53 Å². The summed E-state index contributed by atoms with van der Waals surface area (Å²) in [6.45, 7) is 6.48. The van der Waals surface area contributed by atoms with E-state index in [1.165, 1.54) is 0 Å². The highest BCUT2D eigenvalue weighted by Gasteiger charge is 2.31. The molecule has 1 atom stereocenters. The van der Waals surface area contributed by atoms with Gasteiger partial charge in [-0.1, -0.05) is 29.8 Å². The number of piperidine rings is 1. The van der Waals surface area contributed by atoms with Gasteiger partial charge in [-0.25, -0.2) is 0 Å². The van der Waals surface area contributed by atoms with Gasteiger partial charge in [-0.3, -0.25) is 9.69 Å². The van der Waals surface area contributed by atoms with Crippen LogP contribution in [0.1, 0.15) is 12.8 Å². The highest BCUT2D eigenvalue weighted by Crippen LogP contribution is 2.24. The lowest BCUT2D eigenvalue weighted by Crippen LogP contribution is -2.53. The fourth-order valence-electron chi connectivity index (χ4n) is 4.12. The first-order valence-electron chi connectivity index (χ1n) is 10.6. The molecule has 1 amide bonds.